The van der Waals surface area contributed by atoms with Crippen LogP contribution in [0.25, 0.3) is 0 Å². The lowest BCUT2D eigenvalue weighted by Gasteiger charge is -2.33. The minimum atomic E-state index is -4.17. The fourth-order valence-corrected chi connectivity index (χ4v) is 6.13. The molecule has 3 aromatic rings. The van der Waals surface area contributed by atoms with Crippen molar-refractivity contribution < 1.29 is 18.1 Å². The summed E-state index contributed by atoms with van der Waals surface area (Å²) in [6.07, 6.45) is 2.41. The molecule has 0 saturated carbocycles. The number of non-ortho nitro benzene ring substituents is 1. The first-order valence-corrected chi connectivity index (χ1v) is 14.1. The summed E-state index contributed by atoms with van der Waals surface area (Å²) in [7, 11) is -4.17. The van der Waals surface area contributed by atoms with Crippen molar-refractivity contribution in [1.29, 1.82) is 0 Å². The average Bonchev–Trinajstić information content (AvgIpc) is 2.92. The Morgan fingerprint density at radius 3 is 2.47 bits per heavy atom. The molecule has 9 nitrogen and oxygen atoms in total. The highest BCUT2D eigenvalue weighted by atomic mass is 32.2. The highest BCUT2D eigenvalue weighted by Crippen LogP contribution is 2.28. The zero-order valence-corrected chi connectivity index (χ0v) is 22.3. The molecular formula is C28H32N4O5S. The van der Waals surface area contributed by atoms with Gasteiger partial charge >= 0.3 is 0 Å². The number of rotatable bonds is 9. The minimum Gasteiger partial charge on any atom is -0.371 e. The highest BCUT2D eigenvalue weighted by Gasteiger charge is 2.28. The second-order valence-electron chi connectivity index (χ2n) is 9.68. The summed E-state index contributed by atoms with van der Waals surface area (Å²) in [5.74, 6) is 0.125. The first-order chi connectivity index (χ1) is 18.1. The lowest BCUT2D eigenvalue weighted by Crippen LogP contribution is -2.41. The van der Waals surface area contributed by atoms with Crippen LogP contribution in [0.5, 0.6) is 0 Å². The van der Waals surface area contributed by atoms with Crippen LogP contribution in [0.4, 0.5) is 17.1 Å². The Labute approximate surface area is 223 Å². The molecule has 1 fully saturated rings. The van der Waals surface area contributed by atoms with Gasteiger partial charge in [-0.1, -0.05) is 43.3 Å². The Balaban J connectivity index is 1.52. The fourth-order valence-electron chi connectivity index (χ4n) is 4.70. The van der Waals surface area contributed by atoms with Gasteiger partial charge in [0.2, 0.25) is 5.91 Å². The van der Waals surface area contributed by atoms with Crippen LogP contribution in [0.15, 0.2) is 83.8 Å². The molecule has 38 heavy (non-hydrogen) atoms. The zero-order valence-electron chi connectivity index (χ0n) is 21.5. The number of hydrogen-bond donors (Lipinski definition) is 1. The number of nitrogens with one attached hydrogen (secondary N) is 1. The Hall–Kier alpha value is -3.92. The number of amides is 1. The molecule has 0 aliphatic carbocycles. The van der Waals surface area contributed by atoms with Gasteiger partial charge in [0.05, 0.1) is 21.5 Å². The molecule has 200 valence electrons. The normalized spacial score (nSPS) is 16.5. The Bertz CT molecular complexity index is 1380. The molecule has 3 aromatic carbocycles. The van der Waals surface area contributed by atoms with E-state index in [9.17, 15) is 23.3 Å². The summed E-state index contributed by atoms with van der Waals surface area (Å²) in [4.78, 5) is 26.2. The maximum absolute atomic E-state index is 13.5. The molecule has 1 saturated heterocycles. The SMILES string of the molecule is CC1CCCN(c2ccc(C(C)NC(=O)CN(c3cccc([N+](=O)[O-])c3)S(=O)(=O)c3ccccc3)cc2)C1. The third-order valence-electron chi connectivity index (χ3n) is 6.74. The Morgan fingerprint density at radius 1 is 1.11 bits per heavy atom. The van der Waals surface area contributed by atoms with Crippen molar-refractivity contribution in [1.82, 2.24) is 5.32 Å². The van der Waals surface area contributed by atoms with Crippen LogP contribution in [-0.4, -0.2) is 38.9 Å². The number of carbonyl (C=O) groups is 1. The number of anilines is 2. The largest absolute Gasteiger partial charge is 0.371 e. The lowest BCUT2D eigenvalue weighted by molar-refractivity contribution is -0.384. The van der Waals surface area contributed by atoms with Crippen molar-refractivity contribution in [2.45, 2.75) is 37.6 Å². The Kier molecular flexibility index (Phi) is 8.31. The van der Waals surface area contributed by atoms with Crippen LogP contribution >= 0.6 is 0 Å². The number of nitro benzene ring substituents is 1. The molecule has 10 heteroatoms. The highest BCUT2D eigenvalue weighted by molar-refractivity contribution is 7.92. The summed E-state index contributed by atoms with van der Waals surface area (Å²) >= 11 is 0. The van der Waals surface area contributed by atoms with E-state index in [4.69, 9.17) is 0 Å². The third kappa shape index (κ3) is 6.31. The van der Waals surface area contributed by atoms with Crippen LogP contribution in [0.1, 0.15) is 38.3 Å². The van der Waals surface area contributed by atoms with Gasteiger partial charge in [-0.15, -0.1) is 0 Å². The van der Waals surface area contributed by atoms with Gasteiger partial charge < -0.3 is 10.2 Å². The molecule has 2 atom stereocenters. The van der Waals surface area contributed by atoms with E-state index < -0.39 is 27.4 Å². The van der Waals surface area contributed by atoms with Gasteiger partial charge in [-0.25, -0.2) is 8.42 Å². The van der Waals surface area contributed by atoms with E-state index in [2.05, 4.69) is 17.1 Å². The van der Waals surface area contributed by atoms with E-state index in [1.54, 1.807) is 18.2 Å². The maximum atomic E-state index is 13.5. The van der Waals surface area contributed by atoms with Crippen molar-refractivity contribution in [3.63, 3.8) is 0 Å². The molecule has 0 radical (unpaired) electrons. The smallest absolute Gasteiger partial charge is 0.271 e. The second-order valence-corrected chi connectivity index (χ2v) is 11.5. The number of nitro groups is 1. The van der Waals surface area contributed by atoms with E-state index in [1.807, 2.05) is 31.2 Å². The molecule has 2 unspecified atom stereocenters. The van der Waals surface area contributed by atoms with Gasteiger partial charge in [0.1, 0.15) is 6.54 Å². The van der Waals surface area contributed by atoms with Gasteiger partial charge in [-0.3, -0.25) is 19.2 Å². The van der Waals surface area contributed by atoms with Crippen LogP contribution in [-0.2, 0) is 14.8 Å². The van der Waals surface area contributed by atoms with Crippen molar-refractivity contribution in [2.24, 2.45) is 5.92 Å². The molecule has 1 N–H and O–H groups in total. The molecule has 4 rings (SSSR count). The van der Waals surface area contributed by atoms with Crippen molar-refractivity contribution in [3.8, 4) is 0 Å². The molecule has 0 aromatic heterocycles. The molecule has 1 heterocycles. The van der Waals surface area contributed by atoms with E-state index in [-0.39, 0.29) is 22.3 Å². The van der Waals surface area contributed by atoms with Gasteiger partial charge in [0.25, 0.3) is 15.7 Å². The van der Waals surface area contributed by atoms with Gasteiger partial charge in [-0.05, 0) is 61.6 Å². The summed E-state index contributed by atoms with van der Waals surface area (Å²) in [5.41, 5.74) is 1.79. The number of piperidine rings is 1. The summed E-state index contributed by atoms with van der Waals surface area (Å²) in [6.45, 7) is 5.60. The van der Waals surface area contributed by atoms with Crippen LogP contribution < -0.4 is 14.5 Å². The van der Waals surface area contributed by atoms with Crippen molar-refractivity contribution in [3.05, 3.63) is 94.5 Å². The molecule has 1 aliphatic heterocycles. The second kappa shape index (κ2) is 11.6. The predicted molar refractivity (Wildman–Crippen MR) is 148 cm³/mol. The molecule has 0 spiro atoms. The number of nitrogens with zero attached hydrogens (tertiary/aromatic N) is 3. The molecule has 1 amide bonds. The third-order valence-corrected chi connectivity index (χ3v) is 8.53. The van der Waals surface area contributed by atoms with E-state index >= 15 is 0 Å². The van der Waals surface area contributed by atoms with Crippen molar-refractivity contribution in [2.75, 3.05) is 28.8 Å². The van der Waals surface area contributed by atoms with E-state index in [0.717, 1.165) is 34.7 Å². The molecular weight excluding hydrogens is 504 g/mol. The zero-order chi connectivity index (χ0) is 27.3. The maximum Gasteiger partial charge on any atom is 0.271 e. The van der Waals surface area contributed by atoms with Gasteiger partial charge in [0, 0.05) is 30.9 Å². The summed E-state index contributed by atoms with van der Waals surface area (Å²) < 4.78 is 27.9. The standard InChI is InChI=1S/C28H32N4O5S/c1-21-8-7-17-30(19-21)24-15-13-23(14-16-24)22(2)29-28(33)20-31(25-9-6-10-26(18-25)32(34)35)38(36,37)27-11-4-3-5-12-27/h3-6,9-16,18,21-22H,7-8,17,19-20H2,1-2H3,(H,29,33). The molecule has 1 aliphatic rings. The number of benzene rings is 3. The first-order valence-electron chi connectivity index (χ1n) is 12.6. The average molecular weight is 537 g/mol. The van der Waals surface area contributed by atoms with Crippen molar-refractivity contribution >= 4 is 33.0 Å². The van der Waals surface area contributed by atoms with Gasteiger partial charge in [0.15, 0.2) is 0 Å². The number of hydrogen-bond acceptors (Lipinski definition) is 6. The van der Waals surface area contributed by atoms with E-state index in [1.165, 1.54) is 43.2 Å². The minimum absolute atomic E-state index is 0.0185. The number of carbonyl (C=O) groups excluding carboxylic acids is 1. The first kappa shape index (κ1) is 27.1. The molecule has 0 bridgehead atoms. The topological polar surface area (TPSA) is 113 Å². The monoisotopic (exact) mass is 536 g/mol. The number of sulfonamides is 1. The lowest BCUT2D eigenvalue weighted by atomic mass is 9.99. The van der Waals surface area contributed by atoms with Gasteiger partial charge in [-0.2, -0.15) is 0 Å². The van der Waals surface area contributed by atoms with E-state index in [0.29, 0.717) is 5.92 Å². The van der Waals surface area contributed by atoms with Crippen LogP contribution in [0, 0.1) is 16.0 Å². The summed E-state index contributed by atoms with van der Waals surface area (Å²) in [6, 6.07) is 20.6. The Morgan fingerprint density at radius 2 is 1.82 bits per heavy atom. The predicted octanol–water partition coefficient (Wildman–Crippen LogP) is 4.90. The van der Waals surface area contributed by atoms with Crippen LogP contribution in [0.3, 0.4) is 0 Å². The summed E-state index contributed by atoms with van der Waals surface area (Å²) in [5, 5.41) is 14.2. The quantitative estimate of drug-likeness (QED) is 0.307. The fraction of sp³-hybridized carbons (Fsp3) is 0.321. The van der Waals surface area contributed by atoms with Crippen LogP contribution in [0.2, 0.25) is 0 Å².